The van der Waals surface area contributed by atoms with Crippen molar-refractivity contribution < 1.29 is 4.74 Å². The summed E-state index contributed by atoms with van der Waals surface area (Å²) in [6.07, 6.45) is 9.58. The van der Waals surface area contributed by atoms with E-state index in [1.807, 2.05) is 0 Å². The van der Waals surface area contributed by atoms with Gasteiger partial charge in [0.15, 0.2) is 0 Å². The van der Waals surface area contributed by atoms with E-state index in [9.17, 15) is 0 Å². The molecule has 3 heteroatoms. The van der Waals surface area contributed by atoms with E-state index in [1.165, 1.54) is 51.5 Å². The summed E-state index contributed by atoms with van der Waals surface area (Å²) < 4.78 is 5.85. The van der Waals surface area contributed by atoms with Gasteiger partial charge in [-0.1, -0.05) is 13.3 Å². The van der Waals surface area contributed by atoms with Crippen LogP contribution in [0, 0.1) is 5.92 Å². The molecule has 0 aromatic heterocycles. The largest absolute Gasteiger partial charge is 0.377 e. The van der Waals surface area contributed by atoms with E-state index in [0.29, 0.717) is 6.10 Å². The van der Waals surface area contributed by atoms with Gasteiger partial charge in [0, 0.05) is 25.2 Å². The number of hydrogen-bond acceptors (Lipinski definition) is 3. The van der Waals surface area contributed by atoms with Crippen LogP contribution < -0.4 is 5.73 Å². The average molecular weight is 268 g/mol. The van der Waals surface area contributed by atoms with Crippen LogP contribution in [0.15, 0.2) is 0 Å². The van der Waals surface area contributed by atoms with Crippen LogP contribution in [-0.4, -0.2) is 42.8 Å². The van der Waals surface area contributed by atoms with E-state index in [0.717, 1.165) is 25.6 Å². The Balaban J connectivity index is 1.96. The van der Waals surface area contributed by atoms with Gasteiger partial charge in [0.1, 0.15) is 0 Å². The lowest BCUT2D eigenvalue weighted by Crippen LogP contribution is -2.59. The smallest absolute Gasteiger partial charge is 0.0702 e. The molecule has 3 nitrogen and oxygen atoms in total. The Hall–Kier alpha value is -0.120. The van der Waals surface area contributed by atoms with Crippen LogP contribution in [0.1, 0.15) is 58.8 Å². The van der Waals surface area contributed by atoms with Crippen molar-refractivity contribution in [3.05, 3.63) is 0 Å². The highest BCUT2D eigenvalue weighted by Crippen LogP contribution is 2.38. The molecule has 0 spiro atoms. The van der Waals surface area contributed by atoms with Crippen LogP contribution in [0.2, 0.25) is 0 Å². The van der Waals surface area contributed by atoms with Gasteiger partial charge in [0.05, 0.1) is 6.10 Å². The number of ether oxygens (including phenoxy) is 1. The van der Waals surface area contributed by atoms with E-state index in [1.54, 1.807) is 0 Å². The summed E-state index contributed by atoms with van der Waals surface area (Å²) >= 11 is 0. The molecule has 1 aliphatic heterocycles. The zero-order valence-corrected chi connectivity index (χ0v) is 12.9. The SMILES string of the molecule is CCOC1CCCN(C2(CN)CCC(CC)CC2)C1. The van der Waals surface area contributed by atoms with Crippen molar-refractivity contribution in [2.75, 3.05) is 26.2 Å². The predicted molar refractivity (Wildman–Crippen MR) is 80.3 cm³/mol. The fourth-order valence-corrected chi connectivity index (χ4v) is 4.01. The first-order valence-corrected chi connectivity index (χ1v) is 8.30. The molecule has 1 atom stereocenters. The molecule has 2 aliphatic rings. The Morgan fingerprint density at radius 3 is 2.53 bits per heavy atom. The van der Waals surface area contributed by atoms with Gasteiger partial charge in [0.2, 0.25) is 0 Å². The lowest BCUT2D eigenvalue weighted by molar-refractivity contribution is -0.0475. The molecule has 0 radical (unpaired) electrons. The summed E-state index contributed by atoms with van der Waals surface area (Å²) in [6, 6.07) is 0. The molecule has 0 bridgehead atoms. The summed E-state index contributed by atoms with van der Waals surface area (Å²) in [4.78, 5) is 2.67. The van der Waals surface area contributed by atoms with Crippen molar-refractivity contribution in [2.24, 2.45) is 11.7 Å². The topological polar surface area (TPSA) is 38.5 Å². The molecule has 1 saturated carbocycles. The molecule has 0 amide bonds. The Morgan fingerprint density at radius 1 is 1.21 bits per heavy atom. The minimum Gasteiger partial charge on any atom is -0.377 e. The molecule has 2 rings (SSSR count). The molecule has 2 N–H and O–H groups in total. The molecular formula is C16H32N2O. The average Bonchev–Trinajstić information content (AvgIpc) is 2.48. The standard InChI is InChI=1S/C16H32N2O/c1-3-14-7-9-16(13-17,10-8-14)18-11-5-6-15(12-18)19-4-2/h14-15H,3-13,17H2,1-2H3. The number of likely N-dealkylation sites (tertiary alicyclic amines) is 1. The maximum Gasteiger partial charge on any atom is 0.0702 e. The zero-order chi connectivity index (χ0) is 13.7. The normalized spacial score (nSPS) is 37.4. The van der Waals surface area contributed by atoms with Gasteiger partial charge in [-0.15, -0.1) is 0 Å². The molecule has 112 valence electrons. The molecule has 2 fully saturated rings. The van der Waals surface area contributed by atoms with Gasteiger partial charge in [-0.3, -0.25) is 4.90 Å². The number of nitrogens with zero attached hydrogens (tertiary/aromatic N) is 1. The van der Waals surface area contributed by atoms with Crippen molar-refractivity contribution in [1.29, 1.82) is 0 Å². The zero-order valence-electron chi connectivity index (χ0n) is 12.9. The van der Waals surface area contributed by atoms with Crippen molar-refractivity contribution in [3.63, 3.8) is 0 Å². The van der Waals surface area contributed by atoms with Crippen molar-refractivity contribution in [2.45, 2.75) is 70.4 Å². The first-order valence-electron chi connectivity index (χ1n) is 8.30. The third kappa shape index (κ3) is 3.50. The molecule has 1 heterocycles. The highest BCUT2D eigenvalue weighted by molar-refractivity contribution is 4.97. The summed E-state index contributed by atoms with van der Waals surface area (Å²) in [6.45, 7) is 8.41. The van der Waals surface area contributed by atoms with Crippen LogP contribution in [-0.2, 0) is 4.74 Å². The fourth-order valence-electron chi connectivity index (χ4n) is 4.01. The number of hydrogen-bond donors (Lipinski definition) is 1. The quantitative estimate of drug-likeness (QED) is 0.833. The second kappa shape index (κ2) is 7.05. The molecule has 0 aromatic carbocycles. The third-order valence-electron chi connectivity index (χ3n) is 5.44. The maximum atomic E-state index is 6.19. The molecule has 19 heavy (non-hydrogen) atoms. The summed E-state index contributed by atoms with van der Waals surface area (Å²) in [5.74, 6) is 0.937. The minimum atomic E-state index is 0.279. The van der Waals surface area contributed by atoms with Crippen molar-refractivity contribution in [3.8, 4) is 0 Å². The number of piperidine rings is 1. The Morgan fingerprint density at radius 2 is 1.95 bits per heavy atom. The van der Waals surface area contributed by atoms with Gasteiger partial charge in [-0.25, -0.2) is 0 Å². The second-order valence-electron chi connectivity index (χ2n) is 6.45. The minimum absolute atomic E-state index is 0.279. The van der Waals surface area contributed by atoms with Gasteiger partial charge < -0.3 is 10.5 Å². The van der Waals surface area contributed by atoms with Gasteiger partial charge in [0.25, 0.3) is 0 Å². The lowest BCUT2D eigenvalue weighted by atomic mass is 9.74. The van der Waals surface area contributed by atoms with E-state index in [4.69, 9.17) is 10.5 Å². The van der Waals surface area contributed by atoms with Crippen LogP contribution in [0.25, 0.3) is 0 Å². The van der Waals surface area contributed by atoms with Crippen LogP contribution in [0.3, 0.4) is 0 Å². The first kappa shape index (κ1) is 15.3. The highest BCUT2D eigenvalue weighted by Gasteiger charge is 2.40. The van der Waals surface area contributed by atoms with Crippen LogP contribution in [0.4, 0.5) is 0 Å². The molecule has 1 saturated heterocycles. The van der Waals surface area contributed by atoms with Crippen LogP contribution in [0.5, 0.6) is 0 Å². The second-order valence-corrected chi connectivity index (χ2v) is 6.45. The van der Waals surface area contributed by atoms with Crippen molar-refractivity contribution >= 4 is 0 Å². The third-order valence-corrected chi connectivity index (χ3v) is 5.44. The Bertz CT molecular complexity index is 259. The molecule has 1 unspecified atom stereocenters. The fraction of sp³-hybridized carbons (Fsp3) is 1.00. The highest BCUT2D eigenvalue weighted by atomic mass is 16.5. The molecule has 0 aromatic rings. The summed E-state index contributed by atoms with van der Waals surface area (Å²) in [7, 11) is 0. The maximum absolute atomic E-state index is 6.19. The summed E-state index contributed by atoms with van der Waals surface area (Å²) in [5, 5.41) is 0. The van der Waals surface area contributed by atoms with Gasteiger partial charge in [-0.05, 0) is 57.9 Å². The Kier molecular flexibility index (Phi) is 5.67. The lowest BCUT2D eigenvalue weighted by Gasteiger charge is -2.50. The molecular weight excluding hydrogens is 236 g/mol. The Labute approximate surface area is 118 Å². The van der Waals surface area contributed by atoms with E-state index in [2.05, 4.69) is 18.7 Å². The van der Waals surface area contributed by atoms with Crippen LogP contribution >= 0.6 is 0 Å². The molecule has 1 aliphatic carbocycles. The first-order chi connectivity index (χ1) is 9.24. The summed E-state index contributed by atoms with van der Waals surface area (Å²) in [5.41, 5.74) is 6.47. The van der Waals surface area contributed by atoms with Gasteiger partial charge in [-0.2, -0.15) is 0 Å². The van der Waals surface area contributed by atoms with E-state index < -0.39 is 0 Å². The van der Waals surface area contributed by atoms with Crippen molar-refractivity contribution in [1.82, 2.24) is 4.90 Å². The van der Waals surface area contributed by atoms with E-state index >= 15 is 0 Å². The number of nitrogens with two attached hydrogens (primary N) is 1. The number of rotatable bonds is 5. The van der Waals surface area contributed by atoms with E-state index in [-0.39, 0.29) is 5.54 Å². The monoisotopic (exact) mass is 268 g/mol. The van der Waals surface area contributed by atoms with Gasteiger partial charge >= 0.3 is 0 Å². The predicted octanol–water partition coefficient (Wildman–Crippen LogP) is 2.79.